The van der Waals surface area contributed by atoms with Crippen LogP contribution >= 0.6 is 0 Å². The van der Waals surface area contributed by atoms with Gasteiger partial charge in [0, 0.05) is 29.8 Å². The van der Waals surface area contributed by atoms with E-state index in [9.17, 15) is 23.3 Å². The van der Waals surface area contributed by atoms with E-state index in [0.717, 1.165) is 12.5 Å². The Morgan fingerprint density at radius 3 is 2.31 bits per heavy atom. The highest BCUT2D eigenvalue weighted by molar-refractivity contribution is 7.89. The quantitative estimate of drug-likeness (QED) is 0.359. The summed E-state index contributed by atoms with van der Waals surface area (Å²) in [5.41, 5.74) is -0.447. The maximum absolute atomic E-state index is 13.1. The number of nitro benzene ring substituents is 1. The van der Waals surface area contributed by atoms with Crippen LogP contribution in [0.25, 0.3) is 0 Å². The maximum Gasteiger partial charge on any atom is 0.272 e. The Kier molecular flexibility index (Phi) is 8.66. The third-order valence-electron chi connectivity index (χ3n) is 5.51. The molecule has 35 heavy (non-hydrogen) atoms. The number of non-ortho nitro benzene ring substituents is 1. The molecule has 0 saturated carbocycles. The van der Waals surface area contributed by atoms with Crippen molar-refractivity contribution in [2.24, 2.45) is 0 Å². The summed E-state index contributed by atoms with van der Waals surface area (Å²) in [6.07, 6.45) is 1.26. The van der Waals surface area contributed by atoms with Crippen molar-refractivity contribution >= 4 is 21.6 Å². The van der Waals surface area contributed by atoms with Crippen LogP contribution in [0.5, 0.6) is 11.6 Å². The summed E-state index contributed by atoms with van der Waals surface area (Å²) in [4.78, 5) is 23.2. The zero-order valence-electron chi connectivity index (χ0n) is 21.5. The van der Waals surface area contributed by atoms with Crippen LogP contribution in [0.3, 0.4) is 0 Å². The topological polar surface area (TPSA) is 145 Å². The highest BCUT2D eigenvalue weighted by atomic mass is 32.2. The fourth-order valence-corrected chi connectivity index (χ4v) is 4.56. The minimum atomic E-state index is -4.16. The van der Waals surface area contributed by atoms with E-state index in [1.807, 2.05) is 41.5 Å². The summed E-state index contributed by atoms with van der Waals surface area (Å²) in [5.74, 6) is -0.325. The number of amides is 1. The molecule has 0 aliphatic rings. The lowest BCUT2D eigenvalue weighted by molar-refractivity contribution is -0.385. The van der Waals surface area contributed by atoms with Gasteiger partial charge in [-0.05, 0) is 60.5 Å². The molecule has 2 atom stereocenters. The van der Waals surface area contributed by atoms with E-state index in [4.69, 9.17) is 4.74 Å². The van der Waals surface area contributed by atoms with Crippen molar-refractivity contribution in [3.05, 3.63) is 39.6 Å². The van der Waals surface area contributed by atoms with Crippen LogP contribution in [0.15, 0.2) is 23.1 Å². The Balaban J connectivity index is 2.68. The van der Waals surface area contributed by atoms with Crippen LogP contribution in [0, 0.1) is 17.0 Å². The lowest BCUT2D eigenvalue weighted by Crippen LogP contribution is -2.33. The molecule has 1 aromatic heterocycles. The van der Waals surface area contributed by atoms with E-state index in [2.05, 4.69) is 15.1 Å². The second-order valence-corrected chi connectivity index (χ2v) is 11.2. The van der Waals surface area contributed by atoms with Crippen molar-refractivity contribution in [3.63, 3.8) is 0 Å². The molecule has 0 aliphatic carbocycles. The van der Waals surface area contributed by atoms with E-state index in [1.165, 1.54) is 16.8 Å². The van der Waals surface area contributed by atoms with Crippen LogP contribution in [0.4, 0.5) is 5.69 Å². The first-order chi connectivity index (χ1) is 16.1. The Hall–Kier alpha value is -2.99. The minimum Gasteiger partial charge on any atom is -0.438 e. The van der Waals surface area contributed by atoms with Gasteiger partial charge in [-0.1, -0.05) is 13.8 Å². The molecule has 1 heterocycles. The van der Waals surface area contributed by atoms with Gasteiger partial charge in [0.2, 0.25) is 15.9 Å². The predicted molar refractivity (Wildman–Crippen MR) is 132 cm³/mol. The molecule has 0 unspecified atom stereocenters. The molecule has 1 aromatic carbocycles. The molecule has 11 nitrogen and oxygen atoms in total. The molecule has 194 valence electrons. The number of aromatic nitrogens is 2. The second-order valence-electron chi connectivity index (χ2n) is 9.56. The second kappa shape index (κ2) is 10.7. The zero-order valence-corrected chi connectivity index (χ0v) is 22.3. The van der Waals surface area contributed by atoms with E-state index in [0.29, 0.717) is 12.0 Å². The normalized spacial score (nSPS) is 13.8. The monoisotopic (exact) mass is 509 g/mol. The van der Waals surface area contributed by atoms with Crippen LogP contribution in [-0.2, 0) is 15.6 Å². The highest BCUT2D eigenvalue weighted by Crippen LogP contribution is 2.36. The lowest BCUT2D eigenvalue weighted by atomic mass is 10.1. The molecule has 2 rings (SSSR count). The van der Waals surface area contributed by atoms with Gasteiger partial charge in [-0.25, -0.2) is 17.8 Å². The standard InChI is InChI=1S/C23H35N5O6S/c1-9-14(3)24-21(29)20-16(5)22(27(25-20)23(6,7)8)34-18-12-11-17(28(30)31)13-19(18)35(32,33)26-15(4)10-2/h11-15,26H,9-10H2,1-8H3,(H,24,29)/t14-,15+/m0/s1. The van der Waals surface area contributed by atoms with E-state index in [-0.39, 0.29) is 34.2 Å². The Morgan fingerprint density at radius 1 is 1.20 bits per heavy atom. The maximum atomic E-state index is 13.1. The Morgan fingerprint density at radius 2 is 1.80 bits per heavy atom. The number of benzene rings is 1. The first-order valence-electron chi connectivity index (χ1n) is 11.5. The summed E-state index contributed by atoms with van der Waals surface area (Å²) in [6.45, 7) is 14.6. The van der Waals surface area contributed by atoms with Crippen molar-refractivity contribution in [1.82, 2.24) is 19.8 Å². The number of hydrogen-bond donors (Lipinski definition) is 2. The van der Waals surface area contributed by atoms with Gasteiger partial charge in [0.1, 0.15) is 10.6 Å². The summed E-state index contributed by atoms with van der Waals surface area (Å²) in [6, 6.07) is 2.90. The first kappa shape index (κ1) is 28.2. The van der Waals surface area contributed by atoms with Crippen LogP contribution < -0.4 is 14.8 Å². The van der Waals surface area contributed by atoms with Gasteiger partial charge in [0.25, 0.3) is 11.6 Å². The summed E-state index contributed by atoms with van der Waals surface area (Å²) >= 11 is 0. The fourth-order valence-electron chi connectivity index (χ4n) is 3.09. The number of nitrogens with zero attached hydrogens (tertiary/aromatic N) is 3. The molecule has 1 amide bonds. The van der Waals surface area contributed by atoms with Crippen LogP contribution in [-0.4, -0.2) is 41.1 Å². The first-order valence-corrected chi connectivity index (χ1v) is 13.0. The summed E-state index contributed by atoms with van der Waals surface area (Å²) < 4.78 is 36.3. The van der Waals surface area contributed by atoms with E-state index < -0.39 is 32.2 Å². The van der Waals surface area contributed by atoms with Crippen molar-refractivity contribution in [1.29, 1.82) is 0 Å². The third-order valence-corrected chi connectivity index (χ3v) is 7.12. The average molecular weight is 510 g/mol. The van der Waals surface area contributed by atoms with E-state index >= 15 is 0 Å². The molecule has 0 aliphatic heterocycles. The highest BCUT2D eigenvalue weighted by Gasteiger charge is 2.31. The smallest absolute Gasteiger partial charge is 0.272 e. The number of hydrogen-bond acceptors (Lipinski definition) is 7. The molecule has 0 bridgehead atoms. The lowest BCUT2D eigenvalue weighted by Gasteiger charge is -2.23. The number of sulfonamides is 1. The number of ether oxygens (including phenoxy) is 1. The van der Waals surface area contributed by atoms with Gasteiger partial charge < -0.3 is 10.1 Å². The van der Waals surface area contributed by atoms with Gasteiger partial charge in [-0.15, -0.1) is 0 Å². The minimum absolute atomic E-state index is 0.0656. The molecule has 0 saturated heterocycles. The summed E-state index contributed by atoms with van der Waals surface area (Å²) in [7, 11) is -4.16. The van der Waals surface area contributed by atoms with Crippen molar-refractivity contribution in [3.8, 4) is 11.6 Å². The van der Waals surface area contributed by atoms with Crippen molar-refractivity contribution in [2.75, 3.05) is 0 Å². The van der Waals surface area contributed by atoms with Crippen molar-refractivity contribution < 1.29 is 22.9 Å². The number of carbonyl (C=O) groups is 1. The number of rotatable bonds is 10. The molecule has 0 radical (unpaired) electrons. The number of nitrogens with one attached hydrogen (secondary N) is 2. The van der Waals surface area contributed by atoms with Crippen LogP contribution in [0.1, 0.15) is 77.4 Å². The van der Waals surface area contributed by atoms with Gasteiger partial charge in [-0.2, -0.15) is 5.10 Å². The Labute approximate surface area is 206 Å². The van der Waals surface area contributed by atoms with Crippen LogP contribution in [0.2, 0.25) is 0 Å². The molecule has 0 fully saturated rings. The molecular weight excluding hydrogens is 474 g/mol. The SMILES string of the molecule is CC[C@@H](C)NS(=O)(=O)c1cc([N+](=O)[O-])ccc1Oc1c(C)c(C(=O)N[C@@H](C)CC)nn1C(C)(C)C. The van der Waals surface area contributed by atoms with Gasteiger partial charge in [-0.3, -0.25) is 14.9 Å². The largest absolute Gasteiger partial charge is 0.438 e. The van der Waals surface area contributed by atoms with Gasteiger partial charge in [0.15, 0.2) is 5.69 Å². The van der Waals surface area contributed by atoms with Gasteiger partial charge >= 0.3 is 0 Å². The Bertz CT molecular complexity index is 1200. The molecule has 2 aromatic rings. The zero-order chi connectivity index (χ0) is 26.7. The molecular formula is C23H35N5O6S. The van der Waals surface area contributed by atoms with E-state index in [1.54, 1.807) is 13.8 Å². The van der Waals surface area contributed by atoms with Crippen molar-refractivity contribution in [2.45, 2.75) is 90.7 Å². The molecule has 12 heteroatoms. The van der Waals surface area contributed by atoms with Gasteiger partial charge in [0.05, 0.1) is 10.5 Å². The number of carbonyl (C=O) groups excluding carboxylic acids is 1. The molecule has 0 spiro atoms. The fraction of sp³-hybridized carbons (Fsp3) is 0.565. The number of nitro groups is 1. The summed E-state index contributed by atoms with van der Waals surface area (Å²) in [5, 5.41) is 18.7. The average Bonchev–Trinajstić information content (AvgIpc) is 3.09. The molecule has 2 N–H and O–H groups in total. The third kappa shape index (κ3) is 6.57. The predicted octanol–water partition coefficient (Wildman–Crippen LogP) is 4.25.